The van der Waals surface area contributed by atoms with Gasteiger partial charge in [-0.15, -0.1) is 0 Å². The van der Waals surface area contributed by atoms with Gasteiger partial charge in [-0.1, -0.05) is 12.1 Å². The number of hydrogen-bond acceptors (Lipinski definition) is 6. The Labute approximate surface area is 151 Å². The number of methoxy groups -OCH3 is 1. The van der Waals surface area contributed by atoms with Gasteiger partial charge in [0.15, 0.2) is 0 Å². The van der Waals surface area contributed by atoms with E-state index in [2.05, 4.69) is 16.0 Å². The monoisotopic (exact) mass is 354 g/mol. The molecule has 1 aromatic carbocycles. The number of piperazine rings is 1. The van der Waals surface area contributed by atoms with Gasteiger partial charge in [0.1, 0.15) is 23.7 Å². The van der Waals surface area contributed by atoms with E-state index in [1.807, 2.05) is 11.0 Å². The molecule has 0 spiro atoms. The van der Waals surface area contributed by atoms with Crippen LogP contribution in [0.4, 0.5) is 10.2 Å². The number of carbonyl (C=O) groups excluding carboxylic acids is 1. The summed E-state index contributed by atoms with van der Waals surface area (Å²) in [7, 11) is 1.36. The molecule has 0 unspecified atom stereocenters. The molecular weight excluding hydrogens is 335 g/mol. The van der Waals surface area contributed by atoms with Crippen LogP contribution in [0.2, 0.25) is 0 Å². The van der Waals surface area contributed by atoms with Crippen LogP contribution < -0.4 is 4.90 Å². The molecule has 0 aliphatic carbocycles. The fourth-order valence-corrected chi connectivity index (χ4v) is 3.10. The number of rotatable bonds is 4. The van der Waals surface area contributed by atoms with E-state index in [1.54, 1.807) is 24.4 Å². The number of esters is 1. The number of anilines is 1. The van der Waals surface area contributed by atoms with Crippen molar-refractivity contribution in [3.8, 4) is 6.07 Å². The molecule has 0 radical (unpaired) electrons. The lowest BCUT2D eigenvalue weighted by Crippen LogP contribution is -2.49. The van der Waals surface area contributed by atoms with Crippen molar-refractivity contribution in [3.05, 3.63) is 59.5 Å². The minimum atomic E-state index is -0.559. The Morgan fingerprint density at radius 2 is 1.88 bits per heavy atom. The average Bonchev–Trinajstić information content (AvgIpc) is 2.70. The van der Waals surface area contributed by atoms with Crippen molar-refractivity contribution in [2.24, 2.45) is 0 Å². The Morgan fingerprint density at radius 1 is 1.19 bits per heavy atom. The lowest BCUT2D eigenvalue weighted by Gasteiger charge is -2.38. The summed E-state index contributed by atoms with van der Waals surface area (Å²) < 4.78 is 18.2. The first-order valence-electron chi connectivity index (χ1n) is 8.31. The van der Waals surface area contributed by atoms with Crippen LogP contribution in [0.3, 0.4) is 0 Å². The number of halogens is 1. The average molecular weight is 354 g/mol. The van der Waals surface area contributed by atoms with E-state index >= 15 is 0 Å². The molecule has 6 nitrogen and oxygen atoms in total. The van der Waals surface area contributed by atoms with Crippen molar-refractivity contribution in [1.82, 2.24) is 9.88 Å². The standard InChI is InChI=1S/C19H19FN4O2/c1-26-19(25)18(15-3-5-16(20)6-4-15)24-10-8-23(9-11-24)17-7-2-14(12-21)13-22-17/h2-7,13,18H,8-11H2,1H3/t18-/m1/s1. The molecule has 7 heteroatoms. The largest absolute Gasteiger partial charge is 0.468 e. The number of carbonyl (C=O) groups is 1. The summed E-state index contributed by atoms with van der Waals surface area (Å²) in [6, 6.07) is 11.0. The Kier molecular flexibility index (Phi) is 5.44. The number of aromatic nitrogens is 1. The van der Waals surface area contributed by atoms with Crippen molar-refractivity contribution in [2.75, 3.05) is 38.2 Å². The van der Waals surface area contributed by atoms with Gasteiger partial charge in [-0.05, 0) is 29.8 Å². The maximum atomic E-state index is 13.2. The van der Waals surface area contributed by atoms with Gasteiger partial charge in [-0.25, -0.2) is 14.2 Å². The fourth-order valence-electron chi connectivity index (χ4n) is 3.10. The highest BCUT2D eigenvalue weighted by Gasteiger charge is 2.31. The Bertz CT molecular complexity index is 794. The number of nitriles is 1. The maximum Gasteiger partial charge on any atom is 0.327 e. The van der Waals surface area contributed by atoms with Crippen LogP contribution in [0, 0.1) is 17.1 Å². The molecular formula is C19H19FN4O2. The van der Waals surface area contributed by atoms with Gasteiger partial charge < -0.3 is 9.64 Å². The first-order valence-corrected chi connectivity index (χ1v) is 8.31. The van der Waals surface area contributed by atoms with Crippen LogP contribution in [-0.2, 0) is 9.53 Å². The van der Waals surface area contributed by atoms with Crippen LogP contribution in [-0.4, -0.2) is 49.1 Å². The Balaban J connectivity index is 1.72. The van der Waals surface area contributed by atoms with E-state index in [4.69, 9.17) is 10.00 Å². The lowest BCUT2D eigenvalue weighted by atomic mass is 10.0. The smallest absolute Gasteiger partial charge is 0.327 e. The van der Waals surface area contributed by atoms with Gasteiger partial charge in [0.2, 0.25) is 0 Å². The molecule has 1 aromatic heterocycles. The molecule has 3 rings (SSSR count). The van der Waals surface area contributed by atoms with E-state index < -0.39 is 6.04 Å². The number of ether oxygens (including phenoxy) is 1. The molecule has 0 bridgehead atoms. The second-order valence-electron chi connectivity index (χ2n) is 6.02. The third-order valence-corrected chi connectivity index (χ3v) is 4.49. The topological polar surface area (TPSA) is 69.5 Å². The molecule has 0 amide bonds. The molecule has 134 valence electrons. The van der Waals surface area contributed by atoms with Gasteiger partial charge in [-0.3, -0.25) is 4.90 Å². The van der Waals surface area contributed by atoms with E-state index in [0.717, 1.165) is 5.82 Å². The first kappa shape index (κ1) is 17.8. The maximum absolute atomic E-state index is 13.2. The van der Waals surface area contributed by atoms with E-state index in [1.165, 1.54) is 19.2 Å². The van der Waals surface area contributed by atoms with E-state index in [9.17, 15) is 9.18 Å². The summed E-state index contributed by atoms with van der Waals surface area (Å²) in [5, 5.41) is 8.86. The zero-order chi connectivity index (χ0) is 18.5. The van der Waals surface area contributed by atoms with Crippen molar-refractivity contribution in [3.63, 3.8) is 0 Å². The SMILES string of the molecule is COC(=O)[C@@H](c1ccc(F)cc1)N1CCN(c2ccc(C#N)cn2)CC1. The highest BCUT2D eigenvalue weighted by Crippen LogP contribution is 2.25. The van der Waals surface area contributed by atoms with Gasteiger partial charge >= 0.3 is 5.97 Å². The summed E-state index contributed by atoms with van der Waals surface area (Å²) in [6.45, 7) is 2.65. The number of nitrogens with zero attached hydrogens (tertiary/aromatic N) is 4. The summed E-state index contributed by atoms with van der Waals surface area (Å²) in [4.78, 5) is 20.8. The second kappa shape index (κ2) is 7.93. The molecule has 1 aliphatic rings. The highest BCUT2D eigenvalue weighted by atomic mass is 19.1. The number of hydrogen-bond donors (Lipinski definition) is 0. The van der Waals surface area contributed by atoms with Crippen LogP contribution >= 0.6 is 0 Å². The zero-order valence-electron chi connectivity index (χ0n) is 14.4. The lowest BCUT2D eigenvalue weighted by molar-refractivity contribution is -0.147. The number of benzene rings is 1. The molecule has 2 heterocycles. The van der Waals surface area contributed by atoms with Crippen molar-refractivity contribution >= 4 is 11.8 Å². The Morgan fingerprint density at radius 3 is 2.42 bits per heavy atom. The molecule has 0 N–H and O–H groups in total. The third kappa shape index (κ3) is 3.81. The molecule has 1 atom stereocenters. The van der Waals surface area contributed by atoms with E-state index in [0.29, 0.717) is 37.3 Å². The van der Waals surface area contributed by atoms with E-state index in [-0.39, 0.29) is 11.8 Å². The van der Waals surface area contributed by atoms with Crippen molar-refractivity contribution < 1.29 is 13.9 Å². The normalized spacial score (nSPS) is 16.0. The van der Waals surface area contributed by atoms with Crippen LogP contribution in [0.1, 0.15) is 17.2 Å². The Hall–Kier alpha value is -2.98. The molecule has 26 heavy (non-hydrogen) atoms. The predicted octanol–water partition coefficient (Wildman–Crippen LogP) is 2.13. The van der Waals surface area contributed by atoms with Gasteiger partial charge in [-0.2, -0.15) is 5.26 Å². The summed E-state index contributed by atoms with van der Waals surface area (Å²) in [5.74, 6) is 0.107. The summed E-state index contributed by atoms with van der Waals surface area (Å²) in [6.07, 6.45) is 1.55. The second-order valence-corrected chi connectivity index (χ2v) is 6.02. The van der Waals surface area contributed by atoms with Crippen molar-refractivity contribution in [2.45, 2.75) is 6.04 Å². The molecule has 2 aromatic rings. The van der Waals surface area contributed by atoms with Gasteiger partial charge in [0, 0.05) is 32.4 Å². The summed E-state index contributed by atoms with van der Waals surface area (Å²) in [5.41, 5.74) is 1.23. The van der Waals surface area contributed by atoms with Crippen molar-refractivity contribution in [1.29, 1.82) is 5.26 Å². The third-order valence-electron chi connectivity index (χ3n) is 4.49. The zero-order valence-corrected chi connectivity index (χ0v) is 14.4. The molecule has 0 saturated carbocycles. The molecule has 1 saturated heterocycles. The van der Waals surface area contributed by atoms with Crippen LogP contribution in [0.5, 0.6) is 0 Å². The fraction of sp³-hybridized carbons (Fsp3) is 0.316. The molecule has 1 fully saturated rings. The van der Waals surface area contributed by atoms with Gasteiger partial charge in [0.25, 0.3) is 0 Å². The summed E-state index contributed by atoms with van der Waals surface area (Å²) >= 11 is 0. The quantitative estimate of drug-likeness (QED) is 0.784. The van der Waals surface area contributed by atoms with Crippen LogP contribution in [0.25, 0.3) is 0 Å². The first-order chi connectivity index (χ1) is 12.6. The van der Waals surface area contributed by atoms with Gasteiger partial charge in [0.05, 0.1) is 12.7 Å². The van der Waals surface area contributed by atoms with Crippen LogP contribution in [0.15, 0.2) is 42.6 Å². The minimum Gasteiger partial charge on any atom is -0.468 e. The minimum absolute atomic E-state index is 0.339. The number of pyridine rings is 1. The highest BCUT2D eigenvalue weighted by molar-refractivity contribution is 5.77. The molecule has 1 aliphatic heterocycles. The predicted molar refractivity (Wildman–Crippen MR) is 93.9 cm³/mol.